The van der Waals surface area contributed by atoms with Crippen molar-refractivity contribution in [3.63, 3.8) is 0 Å². The molecule has 0 N–H and O–H groups in total. The first-order valence-electron chi connectivity index (χ1n) is 10.7. The fourth-order valence-corrected chi connectivity index (χ4v) is 3.82. The average molecular weight is 424 g/mol. The third kappa shape index (κ3) is 4.99. The van der Waals surface area contributed by atoms with Gasteiger partial charge >= 0.3 is 5.69 Å². The van der Waals surface area contributed by atoms with Gasteiger partial charge in [0.05, 0.1) is 25.5 Å². The lowest BCUT2D eigenvalue weighted by Gasteiger charge is -2.24. The van der Waals surface area contributed by atoms with Gasteiger partial charge in [0.2, 0.25) is 5.88 Å². The van der Waals surface area contributed by atoms with Crippen molar-refractivity contribution in [2.45, 2.75) is 39.0 Å². The van der Waals surface area contributed by atoms with Crippen LogP contribution in [-0.2, 0) is 27.2 Å². The van der Waals surface area contributed by atoms with Gasteiger partial charge < -0.3 is 18.9 Å². The van der Waals surface area contributed by atoms with E-state index in [2.05, 4.69) is 36.7 Å². The number of benzene rings is 1. The lowest BCUT2D eigenvalue weighted by molar-refractivity contribution is -0.102. The van der Waals surface area contributed by atoms with Gasteiger partial charge in [0.1, 0.15) is 18.8 Å². The maximum atomic E-state index is 12.6. The Bertz CT molecular complexity index is 1040. The number of nitrogens with zero attached hydrogens (tertiary/aromatic N) is 2. The Kier molecular flexibility index (Phi) is 6.71. The van der Waals surface area contributed by atoms with E-state index in [9.17, 15) is 4.79 Å². The average Bonchev–Trinajstić information content (AvgIpc) is 2.78. The van der Waals surface area contributed by atoms with Crippen LogP contribution in [-0.4, -0.2) is 55.3 Å². The van der Waals surface area contributed by atoms with Crippen LogP contribution >= 0.6 is 0 Å². The number of aryl methyl sites for hydroxylation is 1. The van der Waals surface area contributed by atoms with E-state index in [1.165, 1.54) is 0 Å². The normalized spacial score (nSPS) is 18.5. The van der Waals surface area contributed by atoms with Crippen LogP contribution in [0.2, 0.25) is 0 Å². The molecule has 0 amide bonds. The molecule has 0 saturated carbocycles. The van der Waals surface area contributed by atoms with E-state index in [1.54, 1.807) is 11.7 Å². The summed E-state index contributed by atoms with van der Waals surface area (Å²) in [5.74, 6) is 7.05. The van der Waals surface area contributed by atoms with Crippen LogP contribution in [0.4, 0.5) is 0 Å². The minimum Gasteiger partial charge on any atom is -0.475 e. The highest BCUT2D eigenvalue weighted by Crippen LogP contribution is 2.30. The second kappa shape index (κ2) is 9.65. The highest BCUT2D eigenvalue weighted by atomic mass is 16.6. The Hall–Kier alpha value is -2.66. The van der Waals surface area contributed by atoms with Crippen LogP contribution in [0.3, 0.4) is 0 Å². The third-order valence-electron chi connectivity index (χ3n) is 5.49. The standard InChI is InChI=1S/C24H28N2O5/c1-16(2)22(28-3)7-5-17-4-6-20-18(12-17)8-9-26-21(20)13-23(25-24(26)27)31-15-19-14-29-10-11-30-19/h4,6,12-13,16,19,22H,8-11,14-15H2,1-3H3/t19-,22?/m0/s1. The first kappa shape index (κ1) is 21.6. The van der Waals surface area contributed by atoms with Crippen molar-refractivity contribution in [3.8, 4) is 29.0 Å². The number of ether oxygens (including phenoxy) is 4. The van der Waals surface area contributed by atoms with E-state index in [-0.39, 0.29) is 17.9 Å². The summed E-state index contributed by atoms with van der Waals surface area (Å²) in [6, 6.07) is 7.92. The fraction of sp³-hybridized carbons (Fsp3) is 0.500. The highest BCUT2D eigenvalue weighted by Gasteiger charge is 2.21. The molecule has 7 heteroatoms. The van der Waals surface area contributed by atoms with E-state index in [4.69, 9.17) is 18.9 Å². The lowest BCUT2D eigenvalue weighted by Crippen LogP contribution is -2.34. The molecule has 2 aliphatic heterocycles. The second-order valence-electron chi connectivity index (χ2n) is 8.08. The molecule has 2 aliphatic rings. The molecule has 2 aromatic rings. The van der Waals surface area contributed by atoms with E-state index in [0.29, 0.717) is 44.8 Å². The summed E-state index contributed by atoms with van der Waals surface area (Å²) in [5, 5.41) is 0. The molecule has 0 aliphatic carbocycles. The van der Waals surface area contributed by atoms with Crippen LogP contribution in [0.15, 0.2) is 29.1 Å². The van der Waals surface area contributed by atoms with Gasteiger partial charge in [-0.2, -0.15) is 4.98 Å². The number of hydrogen-bond acceptors (Lipinski definition) is 6. The van der Waals surface area contributed by atoms with Gasteiger partial charge in [-0.15, -0.1) is 0 Å². The number of methoxy groups -OCH3 is 1. The van der Waals surface area contributed by atoms with Crippen molar-refractivity contribution in [3.05, 3.63) is 45.9 Å². The smallest absolute Gasteiger partial charge is 0.351 e. The maximum absolute atomic E-state index is 12.6. The van der Waals surface area contributed by atoms with Crippen LogP contribution < -0.4 is 10.4 Å². The number of rotatable bonds is 5. The van der Waals surface area contributed by atoms with Gasteiger partial charge in [0.25, 0.3) is 0 Å². The van der Waals surface area contributed by atoms with Crippen LogP contribution in [0.5, 0.6) is 5.88 Å². The molecule has 1 saturated heterocycles. The molecule has 0 bridgehead atoms. The van der Waals surface area contributed by atoms with Crippen molar-refractivity contribution >= 4 is 0 Å². The summed E-state index contributed by atoms with van der Waals surface area (Å²) in [7, 11) is 1.68. The van der Waals surface area contributed by atoms with Gasteiger partial charge in [-0.05, 0) is 30.0 Å². The minimum absolute atomic E-state index is 0.0975. The zero-order chi connectivity index (χ0) is 21.8. The van der Waals surface area contributed by atoms with E-state index >= 15 is 0 Å². The molecular formula is C24H28N2O5. The summed E-state index contributed by atoms with van der Waals surface area (Å²) >= 11 is 0. The molecule has 0 spiro atoms. The predicted molar refractivity (Wildman–Crippen MR) is 116 cm³/mol. The number of fused-ring (bicyclic) bond motifs is 3. The Labute approximate surface area is 182 Å². The van der Waals surface area contributed by atoms with Crippen molar-refractivity contribution in [2.24, 2.45) is 5.92 Å². The molecule has 0 radical (unpaired) electrons. The summed E-state index contributed by atoms with van der Waals surface area (Å²) in [6.45, 7) is 6.69. The van der Waals surface area contributed by atoms with Gasteiger partial charge in [-0.3, -0.25) is 4.57 Å². The number of aromatic nitrogens is 2. The molecule has 1 aromatic carbocycles. The van der Waals surface area contributed by atoms with Gasteiger partial charge in [-0.25, -0.2) is 4.79 Å². The van der Waals surface area contributed by atoms with Gasteiger partial charge in [-0.1, -0.05) is 31.8 Å². The van der Waals surface area contributed by atoms with Crippen molar-refractivity contribution in [2.75, 3.05) is 33.5 Å². The van der Waals surface area contributed by atoms with E-state index in [1.807, 2.05) is 18.2 Å². The lowest BCUT2D eigenvalue weighted by atomic mass is 9.95. The summed E-state index contributed by atoms with van der Waals surface area (Å²) in [6.07, 6.45) is 0.509. The van der Waals surface area contributed by atoms with E-state index in [0.717, 1.165) is 28.8 Å². The Morgan fingerprint density at radius 3 is 2.90 bits per heavy atom. The van der Waals surface area contributed by atoms with Gasteiger partial charge in [0, 0.05) is 30.8 Å². The molecule has 3 heterocycles. The largest absolute Gasteiger partial charge is 0.475 e. The maximum Gasteiger partial charge on any atom is 0.351 e. The molecule has 1 unspecified atom stereocenters. The molecule has 1 fully saturated rings. The molecule has 1 aromatic heterocycles. The summed E-state index contributed by atoms with van der Waals surface area (Å²) in [4.78, 5) is 16.7. The van der Waals surface area contributed by atoms with Crippen molar-refractivity contribution in [1.29, 1.82) is 0 Å². The molecular weight excluding hydrogens is 396 g/mol. The molecule has 2 atom stereocenters. The summed E-state index contributed by atoms with van der Waals surface area (Å²) in [5.41, 5.74) is 3.62. The van der Waals surface area contributed by atoms with Gasteiger partial charge in [0.15, 0.2) is 0 Å². The topological polar surface area (TPSA) is 71.8 Å². The first-order valence-corrected chi connectivity index (χ1v) is 10.7. The molecule has 31 heavy (non-hydrogen) atoms. The van der Waals surface area contributed by atoms with E-state index < -0.39 is 0 Å². The molecule has 4 rings (SSSR count). The minimum atomic E-state index is -0.303. The zero-order valence-electron chi connectivity index (χ0n) is 18.2. The summed E-state index contributed by atoms with van der Waals surface area (Å²) < 4.78 is 23.9. The fourth-order valence-electron chi connectivity index (χ4n) is 3.82. The Balaban J connectivity index is 1.57. The SMILES string of the molecule is COC(C#Cc1ccc2c(c1)CCn1c-2cc(OC[C@@H]2COCCO2)nc1=O)C(C)C. The zero-order valence-corrected chi connectivity index (χ0v) is 18.2. The Morgan fingerprint density at radius 2 is 2.16 bits per heavy atom. The second-order valence-corrected chi connectivity index (χ2v) is 8.08. The van der Waals surface area contributed by atoms with Crippen LogP contribution in [0.1, 0.15) is 25.0 Å². The van der Waals surface area contributed by atoms with Crippen LogP contribution in [0.25, 0.3) is 11.3 Å². The monoisotopic (exact) mass is 424 g/mol. The first-order chi connectivity index (χ1) is 15.0. The third-order valence-corrected chi connectivity index (χ3v) is 5.49. The van der Waals surface area contributed by atoms with Crippen molar-refractivity contribution < 1.29 is 18.9 Å². The number of hydrogen-bond donors (Lipinski definition) is 0. The molecule has 7 nitrogen and oxygen atoms in total. The highest BCUT2D eigenvalue weighted by molar-refractivity contribution is 5.68. The van der Waals surface area contributed by atoms with Crippen molar-refractivity contribution in [1.82, 2.24) is 9.55 Å². The van der Waals surface area contributed by atoms with Crippen LogP contribution in [0, 0.1) is 17.8 Å². The molecule has 164 valence electrons. The Morgan fingerprint density at radius 1 is 1.29 bits per heavy atom. The predicted octanol–water partition coefficient (Wildman–Crippen LogP) is 2.28. The quantitative estimate of drug-likeness (QED) is 0.686.